The van der Waals surface area contributed by atoms with Gasteiger partial charge in [-0.15, -0.1) is 0 Å². The number of rotatable bonds is 4. The lowest BCUT2D eigenvalue weighted by Gasteiger charge is -2.28. The highest BCUT2D eigenvalue weighted by molar-refractivity contribution is 4.93. The average Bonchev–Trinajstić information content (AvgIpc) is 2.79. The van der Waals surface area contributed by atoms with Gasteiger partial charge in [0.15, 0.2) is 0 Å². The van der Waals surface area contributed by atoms with Gasteiger partial charge in [0.05, 0.1) is 0 Å². The first-order valence-electron chi connectivity index (χ1n) is 7.05. The van der Waals surface area contributed by atoms with Gasteiger partial charge in [0, 0.05) is 24.9 Å². The van der Waals surface area contributed by atoms with Gasteiger partial charge in [-0.2, -0.15) is 0 Å². The number of H-pyrrole nitrogens is 1. The van der Waals surface area contributed by atoms with E-state index in [2.05, 4.69) is 22.3 Å². The van der Waals surface area contributed by atoms with Crippen molar-refractivity contribution < 1.29 is 0 Å². The molecule has 17 heavy (non-hydrogen) atoms. The van der Waals surface area contributed by atoms with E-state index >= 15 is 0 Å². The van der Waals surface area contributed by atoms with Gasteiger partial charge in [-0.1, -0.05) is 32.1 Å². The van der Waals surface area contributed by atoms with E-state index in [4.69, 9.17) is 0 Å². The number of imidazole rings is 1. The standard InChI is InChI=1S/C14H25N3/c1-15-13(11-14-16-9-10-17-14)12-7-5-3-2-4-6-8-12/h9-10,12-13,15H,2-8,11H2,1H3,(H,16,17). The maximum absolute atomic E-state index is 4.35. The third-order valence-corrected chi connectivity index (χ3v) is 4.06. The van der Waals surface area contributed by atoms with Gasteiger partial charge in [-0.3, -0.25) is 0 Å². The molecule has 1 aromatic rings. The van der Waals surface area contributed by atoms with Crippen LogP contribution in [0.1, 0.15) is 50.8 Å². The lowest BCUT2D eigenvalue weighted by atomic mass is 9.84. The van der Waals surface area contributed by atoms with Gasteiger partial charge in [0.2, 0.25) is 0 Å². The second-order valence-corrected chi connectivity index (χ2v) is 5.24. The molecule has 1 atom stereocenters. The zero-order valence-corrected chi connectivity index (χ0v) is 10.9. The van der Waals surface area contributed by atoms with E-state index in [9.17, 15) is 0 Å². The Kier molecular flexibility index (Phi) is 5.05. The van der Waals surface area contributed by atoms with Gasteiger partial charge in [0.25, 0.3) is 0 Å². The second-order valence-electron chi connectivity index (χ2n) is 5.24. The summed E-state index contributed by atoms with van der Waals surface area (Å²) in [4.78, 5) is 7.56. The van der Waals surface area contributed by atoms with E-state index in [1.165, 1.54) is 44.9 Å². The summed E-state index contributed by atoms with van der Waals surface area (Å²) in [6.45, 7) is 0. The molecule has 0 aromatic carbocycles. The monoisotopic (exact) mass is 235 g/mol. The van der Waals surface area contributed by atoms with Crippen molar-refractivity contribution in [3.8, 4) is 0 Å². The summed E-state index contributed by atoms with van der Waals surface area (Å²) >= 11 is 0. The van der Waals surface area contributed by atoms with Crippen LogP contribution in [0.2, 0.25) is 0 Å². The summed E-state index contributed by atoms with van der Waals surface area (Å²) in [5.41, 5.74) is 0. The Labute approximate surface area is 104 Å². The fourth-order valence-corrected chi connectivity index (χ4v) is 3.01. The molecule has 1 aromatic heterocycles. The molecule has 3 heteroatoms. The van der Waals surface area contributed by atoms with Gasteiger partial charge < -0.3 is 10.3 Å². The van der Waals surface area contributed by atoms with Crippen molar-refractivity contribution in [2.75, 3.05) is 7.05 Å². The molecule has 96 valence electrons. The molecule has 3 nitrogen and oxygen atoms in total. The van der Waals surface area contributed by atoms with E-state index in [1.807, 2.05) is 12.4 Å². The highest BCUT2D eigenvalue weighted by atomic mass is 14.9. The van der Waals surface area contributed by atoms with E-state index in [1.54, 1.807) is 0 Å². The summed E-state index contributed by atoms with van der Waals surface area (Å²) in [5, 5.41) is 3.50. The first-order valence-corrected chi connectivity index (χ1v) is 7.05. The number of likely N-dealkylation sites (N-methyl/N-ethyl adjacent to an activating group) is 1. The lowest BCUT2D eigenvalue weighted by molar-refractivity contribution is 0.291. The van der Waals surface area contributed by atoms with Crippen molar-refractivity contribution in [1.29, 1.82) is 0 Å². The van der Waals surface area contributed by atoms with Gasteiger partial charge >= 0.3 is 0 Å². The van der Waals surface area contributed by atoms with Gasteiger partial charge in [-0.25, -0.2) is 4.98 Å². The molecule has 0 spiro atoms. The number of hydrogen-bond donors (Lipinski definition) is 2. The molecule has 0 radical (unpaired) electrons. The number of hydrogen-bond acceptors (Lipinski definition) is 2. The molecule has 0 aliphatic heterocycles. The number of aromatic amines is 1. The fraction of sp³-hybridized carbons (Fsp3) is 0.786. The molecule has 2 rings (SSSR count). The Bertz CT molecular complexity index is 286. The van der Waals surface area contributed by atoms with Crippen LogP contribution in [0.3, 0.4) is 0 Å². The Morgan fingerprint density at radius 3 is 2.59 bits per heavy atom. The zero-order valence-electron chi connectivity index (χ0n) is 10.9. The molecular formula is C14H25N3. The Balaban J connectivity index is 1.90. The molecule has 0 amide bonds. The van der Waals surface area contributed by atoms with Crippen molar-refractivity contribution >= 4 is 0 Å². The molecule has 2 N–H and O–H groups in total. The molecule has 0 bridgehead atoms. The first-order chi connectivity index (χ1) is 8.40. The van der Waals surface area contributed by atoms with Crippen molar-refractivity contribution in [2.24, 2.45) is 5.92 Å². The molecule has 1 aliphatic rings. The minimum absolute atomic E-state index is 0.583. The summed E-state index contributed by atoms with van der Waals surface area (Å²) in [7, 11) is 2.09. The average molecular weight is 235 g/mol. The van der Waals surface area contributed by atoms with Crippen LogP contribution in [-0.2, 0) is 6.42 Å². The third-order valence-electron chi connectivity index (χ3n) is 4.06. The van der Waals surface area contributed by atoms with Crippen molar-refractivity contribution in [1.82, 2.24) is 15.3 Å². The van der Waals surface area contributed by atoms with Crippen molar-refractivity contribution in [3.63, 3.8) is 0 Å². The van der Waals surface area contributed by atoms with Crippen molar-refractivity contribution in [2.45, 2.75) is 57.4 Å². The minimum Gasteiger partial charge on any atom is -0.349 e. The van der Waals surface area contributed by atoms with Gasteiger partial charge in [0.1, 0.15) is 5.82 Å². The molecule has 1 fully saturated rings. The molecule has 1 aliphatic carbocycles. The van der Waals surface area contributed by atoms with Crippen molar-refractivity contribution in [3.05, 3.63) is 18.2 Å². The summed E-state index contributed by atoms with van der Waals surface area (Å²) in [6, 6.07) is 0.583. The van der Waals surface area contributed by atoms with Crippen LogP contribution in [-0.4, -0.2) is 23.1 Å². The Hall–Kier alpha value is -0.830. The van der Waals surface area contributed by atoms with Gasteiger partial charge in [-0.05, 0) is 25.8 Å². The van der Waals surface area contributed by atoms with Crippen LogP contribution >= 0.6 is 0 Å². The number of aromatic nitrogens is 2. The minimum atomic E-state index is 0.583. The quantitative estimate of drug-likeness (QED) is 0.842. The van der Waals surface area contributed by atoms with Crippen LogP contribution in [0.25, 0.3) is 0 Å². The lowest BCUT2D eigenvalue weighted by Crippen LogP contribution is -2.36. The van der Waals surface area contributed by atoms with E-state index in [0.29, 0.717) is 6.04 Å². The van der Waals surface area contributed by atoms with E-state index in [-0.39, 0.29) is 0 Å². The normalized spacial score (nSPS) is 20.8. The number of nitrogens with one attached hydrogen (secondary N) is 2. The zero-order chi connectivity index (χ0) is 11.9. The summed E-state index contributed by atoms with van der Waals surface area (Å²) in [6.07, 6.45) is 14.7. The highest BCUT2D eigenvalue weighted by Crippen LogP contribution is 2.25. The van der Waals surface area contributed by atoms with Crippen LogP contribution in [0.4, 0.5) is 0 Å². The van der Waals surface area contributed by atoms with Crippen LogP contribution in [0, 0.1) is 5.92 Å². The number of nitrogens with zero attached hydrogens (tertiary/aromatic N) is 1. The molecule has 1 heterocycles. The first kappa shape index (κ1) is 12.6. The Morgan fingerprint density at radius 2 is 2.00 bits per heavy atom. The fourth-order valence-electron chi connectivity index (χ4n) is 3.01. The molecular weight excluding hydrogens is 210 g/mol. The topological polar surface area (TPSA) is 40.7 Å². The predicted molar refractivity (Wildman–Crippen MR) is 70.9 cm³/mol. The van der Waals surface area contributed by atoms with E-state index in [0.717, 1.165) is 18.2 Å². The smallest absolute Gasteiger partial charge is 0.107 e. The summed E-state index contributed by atoms with van der Waals surface area (Å²) in [5.74, 6) is 1.94. The summed E-state index contributed by atoms with van der Waals surface area (Å²) < 4.78 is 0. The van der Waals surface area contributed by atoms with Crippen LogP contribution in [0.5, 0.6) is 0 Å². The molecule has 0 saturated heterocycles. The SMILES string of the molecule is CNC(Cc1ncc[nH]1)C1CCCCCCC1. The molecule has 1 saturated carbocycles. The second kappa shape index (κ2) is 6.80. The van der Waals surface area contributed by atoms with Crippen LogP contribution < -0.4 is 5.32 Å². The largest absolute Gasteiger partial charge is 0.349 e. The van der Waals surface area contributed by atoms with Crippen LogP contribution in [0.15, 0.2) is 12.4 Å². The van der Waals surface area contributed by atoms with E-state index < -0.39 is 0 Å². The Morgan fingerprint density at radius 1 is 1.29 bits per heavy atom. The predicted octanol–water partition coefficient (Wildman–Crippen LogP) is 2.90. The maximum Gasteiger partial charge on any atom is 0.107 e. The third kappa shape index (κ3) is 3.84. The maximum atomic E-state index is 4.35. The highest BCUT2D eigenvalue weighted by Gasteiger charge is 2.21. The molecule has 1 unspecified atom stereocenters.